The van der Waals surface area contributed by atoms with Crippen molar-refractivity contribution in [3.8, 4) is 11.1 Å². The molecule has 0 atom stereocenters. The molecule has 4 heterocycles. The van der Waals surface area contributed by atoms with Gasteiger partial charge < -0.3 is 9.88 Å². The number of hydrogen-bond donors (Lipinski definition) is 1. The maximum Gasteiger partial charge on any atom is 0.137 e. The molecule has 0 bridgehead atoms. The Bertz CT molecular complexity index is 749. The molecule has 5 heteroatoms. The second kappa shape index (κ2) is 5.00. The van der Waals surface area contributed by atoms with Crippen LogP contribution in [0, 0.1) is 0 Å². The molecule has 0 aliphatic carbocycles. The summed E-state index contributed by atoms with van der Waals surface area (Å²) < 4.78 is 2.13. The fourth-order valence-electron chi connectivity index (χ4n) is 3.04. The van der Waals surface area contributed by atoms with Crippen molar-refractivity contribution in [2.75, 3.05) is 20.1 Å². The number of nitrogens with zero attached hydrogens (tertiary/aromatic N) is 4. The minimum atomic E-state index is 0.527. The van der Waals surface area contributed by atoms with Crippen LogP contribution in [0.4, 0.5) is 0 Å². The Morgan fingerprint density at radius 3 is 2.90 bits per heavy atom. The Morgan fingerprint density at radius 2 is 2.05 bits per heavy atom. The molecule has 1 N–H and O–H groups in total. The van der Waals surface area contributed by atoms with Gasteiger partial charge in [0.25, 0.3) is 0 Å². The lowest BCUT2D eigenvalue weighted by Crippen LogP contribution is -2.31. The summed E-state index contributed by atoms with van der Waals surface area (Å²) in [6.07, 6.45) is 10.3. The average Bonchev–Trinajstić information content (AvgIpc) is 3.16. The van der Waals surface area contributed by atoms with Gasteiger partial charge in [-0.05, 0) is 45.1 Å². The molecule has 4 rings (SSSR count). The van der Waals surface area contributed by atoms with Gasteiger partial charge in [-0.25, -0.2) is 4.98 Å². The number of nitrogens with one attached hydrogen (secondary N) is 1. The molecular formula is C16H19N5. The summed E-state index contributed by atoms with van der Waals surface area (Å²) in [4.78, 5) is 9.95. The van der Waals surface area contributed by atoms with Crippen LogP contribution in [0.15, 0.2) is 36.9 Å². The first kappa shape index (κ1) is 12.6. The second-order valence-electron chi connectivity index (χ2n) is 5.88. The molecule has 3 aromatic heterocycles. The molecule has 0 saturated carbocycles. The quantitative estimate of drug-likeness (QED) is 0.785. The zero-order chi connectivity index (χ0) is 14.2. The molecule has 0 spiro atoms. The zero-order valence-electron chi connectivity index (χ0n) is 12.2. The SMILES string of the molecule is CN1CCC(n2cc(-c3cnc4[nH]ccc4c3)cn2)CC1. The van der Waals surface area contributed by atoms with Gasteiger partial charge in [-0.1, -0.05) is 0 Å². The fraction of sp³-hybridized carbons (Fsp3) is 0.375. The monoisotopic (exact) mass is 281 g/mol. The van der Waals surface area contributed by atoms with Crippen LogP contribution in [-0.2, 0) is 0 Å². The summed E-state index contributed by atoms with van der Waals surface area (Å²) in [5.41, 5.74) is 3.20. The topological polar surface area (TPSA) is 49.7 Å². The van der Waals surface area contributed by atoms with Crippen LogP contribution in [-0.4, -0.2) is 44.8 Å². The van der Waals surface area contributed by atoms with E-state index in [0.717, 1.165) is 35.2 Å². The standard InChI is InChI=1S/C16H19N5/c1-20-6-3-15(4-7-20)21-11-14(10-19-21)13-8-12-2-5-17-16(12)18-9-13/h2,5,8-11,15H,3-4,6-7H2,1H3,(H,17,18). The molecule has 1 aliphatic heterocycles. The highest BCUT2D eigenvalue weighted by molar-refractivity contribution is 5.80. The summed E-state index contributed by atoms with van der Waals surface area (Å²) in [6, 6.07) is 4.74. The molecule has 1 saturated heterocycles. The summed E-state index contributed by atoms with van der Waals surface area (Å²) in [7, 11) is 2.18. The van der Waals surface area contributed by atoms with Crippen molar-refractivity contribution in [1.82, 2.24) is 24.6 Å². The average molecular weight is 281 g/mol. The van der Waals surface area contributed by atoms with E-state index < -0.39 is 0 Å². The molecule has 3 aromatic rings. The highest BCUT2D eigenvalue weighted by atomic mass is 15.3. The van der Waals surface area contributed by atoms with Crippen LogP contribution >= 0.6 is 0 Å². The number of pyridine rings is 1. The highest BCUT2D eigenvalue weighted by Gasteiger charge is 2.19. The van der Waals surface area contributed by atoms with Crippen molar-refractivity contribution in [1.29, 1.82) is 0 Å². The van der Waals surface area contributed by atoms with Gasteiger partial charge in [-0.15, -0.1) is 0 Å². The maximum absolute atomic E-state index is 4.57. The van der Waals surface area contributed by atoms with Crippen LogP contribution in [0.1, 0.15) is 18.9 Å². The first-order valence-corrected chi connectivity index (χ1v) is 7.46. The van der Waals surface area contributed by atoms with E-state index in [2.05, 4.69) is 44.0 Å². The van der Waals surface area contributed by atoms with Crippen molar-refractivity contribution in [2.45, 2.75) is 18.9 Å². The number of H-pyrrole nitrogens is 1. The van der Waals surface area contributed by atoms with Gasteiger partial charge >= 0.3 is 0 Å². The molecule has 0 unspecified atom stereocenters. The van der Waals surface area contributed by atoms with E-state index in [1.165, 1.54) is 12.8 Å². The number of aromatic nitrogens is 4. The maximum atomic E-state index is 4.57. The summed E-state index contributed by atoms with van der Waals surface area (Å²) >= 11 is 0. The fourth-order valence-corrected chi connectivity index (χ4v) is 3.04. The van der Waals surface area contributed by atoms with Crippen LogP contribution in [0.2, 0.25) is 0 Å². The lowest BCUT2D eigenvalue weighted by molar-refractivity contribution is 0.212. The normalized spacial score (nSPS) is 17.6. The third-order valence-corrected chi connectivity index (χ3v) is 4.40. The lowest BCUT2D eigenvalue weighted by atomic mass is 10.1. The Hall–Kier alpha value is -2.14. The van der Waals surface area contributed by atoms with E-state index in [0.29, 0.717) is 6.04 Å². The first-order valence-electron chi connectivity index (χ1n) is 7.46. The Balaban J connectivity index is 1.61. The van der Waals surface area contributed by atoms with Crippen molar-refractivity contribution in [2.24, 2.45) is 0 Å². The van der Waals surface area contributed by atoms with Crippen molar-refractivity contribution in [3.63, 3.8) is 0 Å². The van der Waals surface area contributed by atoms with Gasteiger partial charge in [-0.2, -0.15) is 5.10 Å². The Morgan fingerprint density at radius 1 is 1.19 bits per heavy atom. The van der Waals surface area contributed by atoms with Crippen LogP contribution in [0.5, 0.6) is 0 Å². The number of aromatic amines is 1. The minimum Gasteiger partial charge on any atom is -0.346 e. The van der Waals surface area contributed by atoms with Gasteiger partial charge in [0, 0.05) is 35.1 Å². The molecule has 21 heavy (non-hydrogen) atoms. The van der Waals surface area contributed by atoms with Crippen molar-refractivity contribution >= 4 is 11.0 Å². The van der Waals surface area contributed by atoms with E-state index in [1.807, 2.05) is 24.7 Å². The Labute approximate surface area is 123 Å². The largest absolute Gasteiger partial charge is 0.346 e. The molecule has 1 aliphatic rings. The van der Waals surface area contributed by atoms with E-state index in [9.17, 15) is 0 Å². The van der Waals surface area contributed by atoms with E-state index in [1.54, 1.807) is 0 Å². The van der Waals surface area contributed by atoms with Crippen LogP contribution in [0.25, 0.3) is 22.2 Å². The van der Waals surface area contributed by atoms with Gasteiger partial charge in [0.05, 0.1) is 12.2 Å². The van der Waals surface area contributed by atoms with E-state index in [-0.39, 0.29) is 0 Å². The zero-order valence-corrected chi connectivity index (χ0v) is 12.2. The van der Waals surface area contributed by atoms with Gasteiger partial charge in [0.2, 0.25) is 0 Å². The van der Waals surface area contributed by atoms with Crippen molar-refractivity contribution < 1.29 is 0 Å². The summed E-state index contributed by atoms with van der Waals surface area (Å²) in [6.45, 7) is 2.30. The molecule has 5 nitrogen and oxygen atoms in total. The van der Waals surface area contributed by atoms with E-state index >= 15 is 0 Å². The van der Waals surface area contributed by atoms with Gasteiger partial charge in [-0.3, -0.25) is 4.68 Å². The minimum absolute atomic E-state index is 0.527. The number of hydrogen-bond acceptors (Lipinski definition) is 3. The second-order valence-corrected chi connectivity index (χ2v) is 5.88. The van der Waals surface area contributed by atoms with Crippen molar-refractivity contribution in [3.05, 3.63) is 36.9 Å². The third kappa shape index (κ3) is 2.34. The van der Waals surface area contributed by atoms with Crippen LogP contribution < -0.4 is 0 Å². The third-order valence-electron chi connectivity index (χ3n) is 4.40. The molecule has 0 amide bonds. The molecule has 1 fully saturated rings. The van der Waals surface area contributed by atoms with Crippen LogP contribution in [0.3, 0.4) is 0 Å². The summed E-state index contributed by atoms with van der Waals surface area (Å²) in [5.74, 6) is 0. The number of likely N-dealkylation sites (tertiary alicyclic amines) is 1. The molecule has 0 aromatic carbocycles. The molecule has 0 radical (unpaired) electrons. The predicted molar refractivity (Wildman–Crippen MR) is 83.1 cm³/mol. The number of fused-ring (bicyclic) bond motifs is 1. The number of piperidine rings is 1. The number of rotatable bonds is 2. The van der Waals surface area contributed by atoms with Gasteiger partial charge in [0.1, 0.15) is 5.65 Å². The Kier molecular flexibility index (Phi) is 3.00. The molecular weight excluding hydrogens is 262 g/mol. The summed E-state index contributed by atoms with van der Waals surface area (Å²) in [5, 5.41) is 5.71. The van der Waals surface area contributed by atoms with E-state index in [4.69, 9.17) is 0 Å². The predicted octanol–water partition coefficient (Wildman–Crippen LogP) is 2.69. The molecule has 108 valence electrons. The smallest absolute Gasteiger partial charge is 0.137 e. The highest BCUT2D eigenvalue weighted by Crippen LogP contribution is 2.26. The lowest BCUT2D eigenvalue weighted by Gasteiger charge is -2.28. The van der Waals surface area contributed by atoms with Gasteiger partial charge in [0.15, 0.2) is 0 Å². The first-order chi connectivity index (χ1) is 10.3.